The van der Waals surface area contributed by atoms with Gasteiger partial charge in [-0.1, -0.05) is 20.8 Å². The van der Waals surface area contributed by atoms with E-state index in [2.05, 4.69) is 26.1 Å². The third-order valence-electron chi connectivity index (χ3n) is 3.80. The fraction of sp³-hybridized carbons (Fsp3) is 0.562. The maximum atomic E-state index is 12.5. The number of alkyl halides is 3. The molecule has 1 unspecified atom stereocenters. The summed E-state index contributed by atoms with van der Waals surface area (Å²) in [6, 6.07) is 4.61. The number of likely N-dealkylation sites (N-methyl/N-ethyl adjacent to an activating group) is 1. The molecule has 1 amide bonds. The largest absolute Gasteiger partial charge is 0.416 e. The van der Waals surface area contributed by atoms with E-state index in [1.807, 2.05) is 18.9 Å². The van der Waals surface area contributed by atoms with E-state index in [0.717, 1.165) is 12.1 Å². The van der Waals surface area contributed by atoms with Gasteiger partial charge in [-0.15, -0.1) is 0 Å². The Morgan fingerprint density at radius 1 is 1.18 bits per heavy atom. The minimum atomic E-state index is -4.37. The molecule has 6 heteroatoms. The average Bonchev–Trinajstić information content (AvgIpc) is 2.36. The van der Waals surface area contributed by atoms with Crippen LogP contribution in [0.4, 0.5) is 18.9 Å². The van der Waals surface area contributed by atoms with Gasteiger partial charge in [-0.05, 0) is 43.7 Å². The lowest BCUT2D eigenvalue weighted by atomic mass is 9.87. The summed E-state index contributed by atoms with van der Waals surface area (Å²) in [7, 11) is 1.85. The first kappa shape index (κ1) is 18.5. The second-order valence-corrected chi connectivity index (χ2v) is 6.58. The third-order valence-corrected chi connectivity index (χ3v) is 3.80. The van der Waals surface area contributed by atoms with E-state index in [1.165, 1.54) is 12.1 Å². The number of hydrogen-bond donors (Lipinski definition) is 1. The molecule has 1 rings (SSSR count). The van der Waals surface area contributed by atoms with Crippen LogP contribution < -0.4 is 5.32 Å². The van der Waals surface area contributed by atoms with Gasteiger partial charge in [0.15, 0.2) is 0 Å². The van der Waals surface area contributed by atoms with Crippen LogP contribution in [-0.4, -0.2) is 30.4 Å². The lowest BCUT2D eigenvalue weighted by molar-refractivity contribution is -0.137. The van der Waals surface area contributed by atoms with Gasteiger partial charge >= 0.3 is 6.18 Å². The number of nitrogens with one attached hydrogen (secondary N) is 1. The van der Waals surface area contributed by atoms with Crippen molar-refractivity contribution in [3.05, 3.63) is 29.8 Å². The molecule has 0 aliphatic carbocycles. The van der Waals surface area contributed by atoms with Crippen LogP contribution in [0.1, 0.15) is 33.3 Å². The fourth-order valence-electron chi connectivity index (χ4n) is 1.97. The molecule has 22 heavy (non-hydrogen) atoms. The molecule has 0 heterocycles. The first-order chi connectivity index (χ1) is 9.91. The van der Waals surface area contributed by atoms with Crippen molar-refractivity contribution in [1.29, 1.82) is 0 Å². The van der Waals surface area contributed by atoms with Crippen molar-refractivity contribution in [2.45, 2.75) is 39.9 Å². The Morgan fingerprint density at radius 2 is 1.68 bits per heavy atom. The van der Waals surface area contributed by atoms with Gasteiger partial charge in [-0.3, -0.25) is 9.69 Å². The summed E-state index contributed by atoms with van der Waals surface area (Å²) >= 11 is 0. The van der Waals surface area contributed by atoms with Gasteiger partial charge in [0, 0.05) is 11.7 Å². The molecule has 3 nitrogen and oxygen atoms in total. The Bertz CT molecular complexity index is 504. The summed E-state index contributed by atoms with van der Waals surface area (Å²) in [5.41, 5.74) is -0.345. The van der Waals surface area contributed by atoms with Crippen LogP contribution in [0.25, 0.3) is 0 Å². The van der Waals surface area contributed by atoms with Crippen LogP contribution >= 0.6 is 0 Å². The quantitative estimate of drug-likeness (QED) is 0.910. The number of carbonyl (C=O) groups is 1. The molecule has 0 aliphatic rings. The summed E-state index contributed by atoms with van der Waals surface area (Å²) in [5.74, 6) is -0.252. The molecular weight excluding hydrogens is 293 g/mol. The van der Waals surface area contributed by atoms with Crippen LogP contribution in [0, 0.1) is 5.41 Å². The van der Waals surface area contributed by atoms with Crippen molar-refractivity contribution in [1.82, 2.24) is 4.90 Å². The number of hydrogen-bond acceptors (Lipinski definition) is 2. The van der Waals surface area contributed by atoms with E-state index >= 15 is 0 Å². The second-order valence-electron chi connectivity index (χ2n) is 6.58. The normalized spacial score (nSPS) is 14.0. The molecule has 0 saturated carbocycles. The van der Waals surface area contributed by atoms with Crippen molar-refractivity contribution < 1.29 is 18.0 Å². The predicted octanol–water partition coefficient (Wildman–Crippen LogP) is 4.01. The van der Waals surface area contributed by atoms with Gasteiger partial charge in [0.05, 0.1) is 12.1 Å². The van der Waals surface area contributed by atoms with E-state index in [-0.39, 0.29) is 23.9 Å². The van der Waals surface area contributed by atoms with Crippen LogP contribution in [0.2, 0.25) is 0 Å². The topological polar surface area (TPSA) is 32.3 Å². The van der Waals surface area contributed by atoms with Crippen molar-refractivity contribution >= 4 is 11.6 Å². The van der Waals surface area contributed by atoms with Crippen molar-refractivity contribution in [3.8, 4) is 0 Å². The Morgan fingerprint density at radius 3 is 2.09 bits per heavy atom. The van der Waals surface area contributed by atoms with E-state index in [0.29, 0.717) is 5.69 Å². The molecule has 0 fully saturated rings. The lowest BCUT2D eigenvalue weighted by Crippen LogP contribution is -2.43. The Hall–Kier alpha value is -1.56. The minimum absolute atomic E-state index is 0.0311. The van der Waals surface area contributed by atoms with Gasteiger partial charge < -0.3 is 5.32 Å². The first-order valence-corrected chi connectivity index (χ1v) is 7.08. The maximum absolute atomic E-state index is 12.5. The molecule has 0 bridgehead atoms. The van der Waals surface area contributed by atoms with Gasteiger partial charge in [0.2, 0.25) is 5.91 Å². The zero-order valence-corrected chi connectivity index (χ0v) is 13.6. The minimum Gasteiger partial charge on any atom is -0.325 e. The number of halogens is 3. The zero-order valence-electron chi connectivity index (χ0n) is 13.6. The van der Waals surface area contributed by atoms with E-state index in [1.54, 1.807) is 0 Å². The summed E-state index contributed by atoms with van der Waals surface area (Å²) in [4.78, 5) is 13.9. The summed E-state index contributed by atoms with van der Waals surface area (Å²) in [6.45, 7) is 8.47. The number of rotatable bonds is 4. The number of benzene rings is 1. The standard InChI is InChI=1S/C16H23F3N2O/c1-11(15(2,3)4)21(5)10-14(22)20-13-8-6-12(7-9-13)16(17,18)19/h6-9,11H,10H2,1-5H3,(H,20,22). The molecular formula is C16H23F3N2O. The summed E-state index contributed by atoms with van der Waals surface area (Å²) in [5, 5.41) is 2.61. The highest BCUT2D eigenvalue weighted by molar-refractivity contribution is 5.92. The summed E-state index contributed by atoms with van der Waals surface area (Å²) in [6.07, 6.45) is -4.37. The molecule has 0 radical (unpaired) electrons. The number of carbonyl (C=O) groups excluding carboxylic acids is 1. The van der Waals surface area contributed by atoms with Gasteiger partial charge in [0.25, 0.3) is 0 Å². The SMILES string of the molecule is CC(N(C)CC(=O)Nc1ccc(C(F)(F)F)cc1)C(C)(C)C. The molecule has 1 atom stereocenters. The van der Waals surface area contributed by atoms with Crippen LogP contribution in [0.3, 0.4) is 0 Å². The van der Waals surface area contributed by atoms with Crippen molar-refractivity contribution in [3.63, 3.8) is 0 Å². The van der Waals surface area contributed by atoms with E-state index in [4.69, 9.17) is 0 Å². The van der Waals surface area contributed by atoms with Crippen LogP contribution in [0.5, 0.6) is 0 Å². The number of anilines is 1. The van der Waals surface area contributed by atoms with Crippen LogP contribution in [0.15, 0.2) is 24.3 Å². The lowest BCUT2D eigenvalue weighted by Gasteiger charge is -2.34. The van der Waals surface area contributed by atoms with E-state index < -0.39 is 11.7 Å². The Balaban J connectivity index is 2.62. The maximum Gasteiger partial charge on any atom is 0.416 e. The Kier molecular flexibility index (Phi) is 5.62. The average molecular weight is 316 g/mol. The molecule has 1 aromatic carbocycles. The molecule has 0 aliphatic heterocycles. The van der Waals surface area contributed by atoms with E-state index in [9.17, 15) is 18.0 Å². The smallest absolute Gasteiger partial charge is 0.325 e. The fourth-order valence-corrected chi connectivity index (χ4v) is 1.97. The molecule has 124 valence electrons. The highest BCUT2D eigenvalue weighted by Crippen LogP contribution is 2.29. The summed E-state index contributed by atoms with van der Waals surface area (Å²) < 4.78 is 37.4. The molecule has 1 aromatic rings. The van der Waals surface area contributed by atoms with Gasteiger partial charge in [-0.25, -0.2) is 0 Å². The zero-order chi connectivity index (χ0) is 17.1. The Labute approximate surface area is 129 Å². The highest BCUT2D eigenvalue weighted by atomic mass is 19.4. The molecule has 0 saturated heterocycles. The van der Waals surface area contributed by atoms with Gasteiger partial charge in [0.1, 0.15) is 0 Å². The molecule has 0 aromatic heterocycles. The monoisotopic (exact) mass is 316 g/mol. The van der Waals surface area contributed by atoms with Gasteiger partial charge in [-0.2, -0.15) is 13.2 Å². The molecule has 0 spiro atoms. The number of nitrogens with zero attached hydrogens (tertiary/aromatic N) is 1. The second kappa shape index (κ2) is 6.69. The van der Waals surface area contributed by atoms with Crippen molar-refractivity contribution in [2.24, 2.45) is 5.41 Å². The highest BCUT2D eigenvalue weighted by Gasteiger charge is 2.30. The number of amides is 1. The molecule has 1 N–H and O–H groups in total. The third kappa shape index (κ3) is 5.33. The van der Waals surface area contributed by atoms with Crippen LogP contribution in [-0.2, 0) is 11.0 Å². The first-order valence-electron chi connectivity index (χ1n) is 7.08. The predicted molar refractivity (Wildman–Crippen MR) is 81.6 cm³/mol. The van der Waals surface area contributed by atoms with Crippen molar-refractivity contribution in [2.75, 3.05) is 18.9 Å².